The van der Waals surface area contributed by atoms with Gasteiger partial charge in [-0.15, -0.1) is 0 Å². The highest BCUT2D eigenvalue weighted by Gasteiger charge is 2.25. The lowest BCUT2D eigenvalue weighted by atomic mass is 10.1. The molecule has 42 heavy (non-hydrogen) atoms. The average molecular weight is 564 g/mol. The molecule has 9 nitrogen and oxygen atoms in total. The Hall–Kier alpha value is -4.99. The number of rotatable bonds is 10. The number of nitrogens with zero attached hydrogens (tertiary/aromatic N) is 1. The lowest BCUT2D eigenvalue weighted by Crippen LogP contribution is -2.09. The van der Waals surface area contributed by atoms with Crippen LogP contribution in [0.15, 0.2) is 91.0 Å². The van der Waals surface area contributed by atoms with E-state index in [9.17, 15) is 9.59 Å². The highest BCUT2D eigenvalue weighted by molar-refractivity contribution is 5.96. The van der Waals surface area contributed by atoms with Gasteiger partial charge in [-0.3, -0.25) is 0 Å². The van der Waals surface area contributed by atoms with Crippen LogP contribution in [0.1, 0.15) is 20.7 Å². The second-order valence-corrected chi connectivity index (χ2v) is 10.1. The number of fused-ring (bicyclic) bond motifs is 2. The van der Waals surface area contributed by atoms with E-state index in [1.807, 2.05) is 48.5 Å². The number of ether oxygens (including phenoxy) is 6. The molecule has 9 heteroatoms. The summed E-state index contributed by atoms with van der Waals surface area (Å²) in [7, 11) is 0. The van der Waals surface area contributed by atoms with Gasteiger partial charge in [0.1, 0.15) is 36.9 Å². The minimum Gasteiger partial charge on any atom is -0.459 e. The van der Waals surface area contributed by atoms with Gasteiger partial charge < -0.3 is 28.4 Å². The van der Waals surface area contributed by atoms with Gasteiger partial charge in [0.05, 0.1) is 24.3 Å². The summed E-state index contributed by atoms with van der Waals surface area (Å²) in [4.78, 5) is 29.1. The van der Waals surface area contributed by atoms with Crippen molar-refractivity contribution in [1.82, 2.24) is 4.98 Å². The van der Waals surface area contributed by atoms with E-state index in [2.05, 4.69) is 4.98 Å². The summed E-state index contributed by atoms with van der Waals surface area (Å²) in [6.45, 7) is 1.83. The lowest BCUT2D eigenvalue weighted by molar-refractivity contribution is 0.0469. The van der Waals surface area contributed by atoms with Crippen LogP contribution in [0.3, 0.4) is 0 Å². The van der Waals surface area contributed by atoms with Crippen LogP contribution in [0.2, 0.25) is 0 Å². The van der Waals surface area contributed by atoms with Gasteiger partial charge >= 0.3 is 11.9 Å². The molecule has 0 N–H and O–H groups in total. The standard InChI is InChI=1S/C33H25NO8/c35-32(39-18-28-16-37-28)24-6-4-22-14-26(10-8-20(22)12-24)41-30-2-1-3-31(34-30)42-27-11-9-21-13-25(7-5-23(21)15-27)33(36)40-19-29-17-38-29/h1-15,28-29H,16-19H2. The van der Waals surface area contributed by atoms with E-state index in [4.69, 9.17) is 28.4 Å². The fourth-order valence-electron chi connectivity index (χ4n) is 4.41. The maximum absolute atomic E-state index is 12.3. The first-order chi connectivity index (χ1) is 20.6. The first-order valence-corrected chi connectivity index (χ1v) is 13.5. The van der Waals surface area contributed by atoms with Crippen LogP contribution in [0.25, 0.3) is 21.5 Å². The molecular weight excluding hydrogens is 538 g/mol. The summed E-state index contributed by atoms with van der Waals surface area (Å²) in [5.74, 6) is 1.19. The van der Waals surface area contributed by atoms with Crippen molar-refractivity contribution in [2.45, 2.75) is 12.2 Å². The monoisotopic (exact) mass is 563 g/mol. The molecule has 2 aliphatic heterocycles. The molecule has 0 bridgehead atoms. The van der Waals surface area contributed by atoms with E-state index in [-0.39, 0.29) is 37.4 Å². The zero-order valence-electron chi connectivity index (χ0n) is 22.4. The second kappa shape index (κ2) is 11.1. The largest absolute Gasteiger partial charge is 0.459 e. The zero-order valence-corrected chi connectivity index (χ0v) is 22.4. The fraction of sp³-hybridized carbons (Fsp3) is 0.182. The van der Waals surface area contributed by atoms with Gasteiger partial charge in [0.25, 0.3) is 0 Å². The summed E-state index contributed by atoms with van der Waals surface area (Å²) in [6, 6.07) is 27.2. The number of benzene rings is 4. The van der Waals surface area contributed by atoms with E-state index >= 15 is 0 Å². The van der Waals surface area contributed by atoms with Crippen LogP contribution >= 0.6 is 0 Å². The van der Waals surface area contributed by atoms with Crippen LogP contribution in [-0.2, 0) is 18.9 Å². The van der Waals surface area contributed by atoms with Crippen LogP contribution in [-0.4, -0.2) is 55.6 Å². The molecule has 2 unspecified atom stereocenters. The Labute approximate surface area is 240 Å². The Kier molecular flexibility index (Phi) is 6.87. The van der Waals surface area contributed by atoms with Crippen LogP contribution in [0, 0.1) is 0 Å². The van der Waals surface area contributed by atoms with Crippen molar-refractivity contribution in [1.29, 1.82) is 0 Å². The van der Waals surface area contributed by atoms with Crippen molar-refractivity contribution in [3.8, 4) is 23.3 Å². The normalized spacial score (nSPS) is 17.0. The molecule has 7 rings (SSSR count). The van der Waals surface area contributed by atoms with Crippen LogP contribution < -0.4 is 9.47 Å². The van der Waals surface area contributed by atoms with Crippen molar-refractivity contribution in [2.24, 2.45) is 0 Å². The second-order valence-electron chi connectivity index (χ2n) is 10.1. The highest BCUT2D eigenvalue weighted by Crippen LogP contribution is 2.30. The first kappa shape index (κ1) is 25.9. The molecule has 0 radical (unpaired) electrons. The van der Waals surface area contributed by atoms with Gasteiger partial charge in [0.2, 0.25) is 11.8 Å². The third-order valence-electron chi connectivity index (χ3n) is 6.84. The number of hydrogen-bond donors (Lipinski definition) is 0. The lowest BCUT2D eigenvalue weighted by Gasteiger charge is -2.10. The Morgan fingerprint density at radius 3 is 1.50 bits per heavy atom. The molecule has 2 aliphatic rings. The number of pyridine rings is 1. The SMILES string of the molecule is O=C(OCC1CO1)c1ccc2cc(Oc3cccc(Oc4ccc5cc(C(=O)OCC6CO6)ccc5c4)n3)ccc2c1. The first-order valence-electron chi connectivity index (χ1n) is 13.5. The topological polar surface area (TPSA) is 109 Å². The third-order valence-corrected chi connectivity index (χ3v) is 6.84. The Morgan fingerprint density at radius 1 is 0.619 bits per heavy atom. The van der Waals surface area contributed by atoms with Crippen LogP contribution in [0.5, 0.6) is 23.3 Å². The predicted octanol–water partition coefficient (Wildman–Crippen LogP) is 6.08. The number of aromatic nitrogens is 1. The van der Waals surface area contributed by atoms with Crippen molar-refractivity contribution < 1.29 is 38.0 Å². The average Bonchev–Trinajstić information content (AvgIpc) is 3.94. The van der Waals surface area contributed by atoms with Crippen molar-refractivity contribution >= 4 is 33.5 Å². The predicted molar refractivity (Wildman–Crippen MR) is 152 cm³/mol. The van der Waals surface area contributed by atoms with E-state index in [0.717, 1.165) is 21.5 Å². The van der Waals surface area contributed by atoms with E-state index < -0.39 is 0 Å². The summed E-state index contributed by atoms with van der Waals surface area (Å²) < 4.78 is 32.7. The summed E-state index contributed by atoms with van der Waals surface area (Å²) in [5, 5.41) is 3.59. The minimum absolute atomic E-state index is 0.0271. The fourth-order valence-corrected chi connectivity index (χ4v) is 4.41. The summed E-state index contributed by atoms with van der Waals surface area (Å²) in [6.07, 6.45) is 0.0541. The number of esters is 2. The number of epoxide rings is 2. The van der Waals surface area contributed by atoms with Gasteiger partial charge in [-0.05, 0) is 70.1 Å². The third kappa shape index (κ3) is 6.17. The van der Waals surface area contributed by atoms with E-state index in [0.29, 0.717) is 47.6 Å². The van der Waals surface area contributed by atoms with Gasteiger partial charge in [0, 0.05) is 12.1 Å². The molecule has 1 aromatic heterocycles. The summed E-state index contributed by atoms with van der Waals surface area (Å²) >= 11 is 0. The molecule has 2 atom stereocenters. The molecule has 4 aromatic carbocycles. The molecule has 0 amide bonds. The quantitative estimate of drug-likeness (QED) is 0.147. The molecule has 210 valence electrons. The number of hydrogen-bond acceptors (Lipinski definition) is 9. The van der Waals surface area contributed by atoms with E-state index in [1.165, 1.54) is 0 Å². The molecule has 5 aromatic rings. The van der Waals surface area contributed by atoms with E-state index in [1.54, 1.807) is 42.5 Å². The molecule has 3 heterocycles. The van der Waals surface area contributed by atoms with Gasteiger partial charge in [-0.1, -0.05) is 30.3 Å². The zero-order chi connectivity index (χ0) is 28.5. The number of carbonyl (C=O) groups excluding carboxylic acids is 2. The molecule has 0 saturated carbocycles. The minimum atomic E-state index is -0.371. The maximum atomic E-state index is 12.3. The summed E-state index contributed by atoms with van der Waals surface area (Å²) in [5.41, 5.74) is 0.971. The molecular formula is C33H25NO8. The Bertz CT molecular complexity index is 1680. The number of carbonyl (C=O) groups is 2. The van der Waals surface area contributed by atoms with Crippen molar-refractivity contribution in [2.75, 3.05) is 26.4 Å². The van der Waals surface area contributed by atoms with Crippen molar-refractivity contribution in [3.05, 3.63) is 102 Å². The Balaban J connectivity index is 1.01. The highest BCUT2D eigenvalue weighted by atomic mass is 16.6. The molecule has 2 saturated heterocycles. The van der Waals surface area contributed by atoms with Crippen LogP contribution in [0.4, 0.5) is 0 Å². The molecule has 2 fully saturated rings. The van der Waals surface area contributed by atoms with Gasteiger partial charge in [0.15, 0.2) is 0 Å². The molecule has 0 aliphatic carbocycles. The van der Waals surface area contributed by atoms with Gasteiger partial charge in [-0.25, -0.2) is 9.59 Å². The van der Waals surface area contributed by atoms with Crippen molar-refractivity contribution in [3.63, 3.8) is 0 Å². The Morgan fingerprint density at radius 2 is 1.05 bits per heavy atom. The maximum Gasteiger partial charge on any atom is 0.338 e. The van der Waals surface area contributed by atoms with Gasteiger partial charge in [-0.2, -0.15) is 4.98 Å². The smallest absolute Gasteiger partial charge is 0.338 e. The molecule has 0 spiro atoms.